The molecule has 1 aliphatic heterocycles. The van der Waals surface area contributed by atoms with E-state index in [4.69, 9.17) is 9.47 Å². The number of ether oxygens (including phenoxy) is 2. The molecule has 1 atom stereocenters. The van der Waals surface area contributed by atoms with E-state index in [9.17, 15) is 5.11 Å². The monoisotopic (exact) mass is 392 g/mol. The minimum atomic E-state index is 0. The van der Waals surface area contributed by atoms with E-state index in [1.165, 1.54) is 25.7 Å². The minimum absolute atomic E-state index is 0. The van der Waals surface area contributed by atoms with Crippen LogP contribution in [0.3, 0.4) is 0 Å². The van der Waals surface area contributed by atoms with Crippen molar-refractivity contribution in [1.29, 1.82) is 0 Å². The number of hydrogen-bond acceptors (Lipinski definition) is 5. The summed E-state index contributed by atoms with van der Waals surface area (Å²) in [6, 6.07) is 3.82. The molecule has 1 aromatic rings. The standard InChI is InChI=1S/C18H28N2O3.2ClH/c1-22-14-11-15(21)17(16(12-14)23-2)18(13-5-3-4-6-13)20-9-7-19-8-10-20;;/h11-13,18-19,21H,3-10H2,1-2H3;2*1H/t18-;;/m0../s1. The Hall–Kier alpha value is -0.880. The first-order valence-electron chi connectivity index (χ1n) is 8.64. The molecule has 1 aromatic carbocycles. The molecule has 1 saturated heterocycles. The second-order valence-electron chi connectivity index (χ2n) is 6.54. The molecule has 0 aromatic heterocycles. The molecular formula is C18H30Cl2N2O3. The summed E-state index contributed by atoms with van der Waals surface area (Å²) in [5, 5.41) is 14.1. The summed E-state index contributed by atoms with van der Waals surface area (Å²) in [5.41, 5.74) is 0.933. The van der Waals surface area contributed by atoms with Crippen molar-refractivity contribution in [3.8, 4) is 17.2 Å². The van der Waals surface area contributed by atoms with Crippen molar-refractivity contribution in [2.45, 2.75) is 31.7 Å². The van der Waals surface area contributed by atoms with Gasteiger partial charge in [0.2, 0.25) is 0 Å². The van der Waals surface area contributed by atoms with Gasteiger partial charge in [-0.2, -0.15) is 0 Å². The number of hydrogen-bond donors (Lipinski definition) is 2. The molecule has 0 amide bonds. The SMILES string of the molecule is COc1cc(O)c([C@H](C2CCCC2)N2CCNCC2)c(OC)c1.Cl.Cl. The van der Waals surface area contributed by atoms with Crippen LogP contribution in [0.15, 0.2) is 12.1 Å². The Morgan fingerprint density at radius 3 is 2.28 bits per heavy atom. The van der Waals surface area contributed by atoms with E-state index < -0.39 is 0 Å². The van der Waals surface area contributed by atoms with Gasteiger partial charge in [-0.25, -0.2) is 0 Å². The molecular weight excluding hydrogens is 363 g/mol. The maximum atomic E-state index is 10.7. The third-order valence-electron chi connectivity index (χ3n) is 5.24. The molecule has 3 rings (SSSR count). The lowest BCUT2D eigenvalue weighted by atomic mass is 9.88. The molecule has 1 saturated carbocycles. The fraction of sp³-hybridized carbons (Fsp3) is 0.667. The molecule has 0 bridgehead atoms. The predicted molar refractivity (Wildman–Crippen MR) is 105 cm³/mol. The summed E-state index contributed by atoms with van der Waals surface area (Å²) in [5.74, 6) is 2.24. The molecule has 2 N–H and O–H groups in total. The van der Waals surface area contributed by atoms with E-state index in [-0.39, 0.29) is 36.6 Å². The van der Waals surface area contributed by atoms with Crippen LogP contribution in [0.25, 0.3) is 0 Å². The van der Waals surface area contributed by atoms with E-state index in [2.05, 4.69) is 10.2 Å². The van der Waals surface area contributed by atoms with Crippen molar-refractivity contribution < 1.29 is 14.6 Å². The van der Waals surface area contributed by atoms with Gasteiger partial charge in [-0.15, -0.1) is 24.8 Å². The van der Waals surface area contributed by atoms with Gasteiger partial charge < -0.3 is 19.9 Å². The highest BCUT2D eigenvalue weighted by molar-refractivity contribution is 5.85. The maximum Gasteiger partial charge on any atom is 0.131 e. The van der Waals surface area contributed by atoms with Crippen molar-refractivity contribution >= 4 is 24.8 Å². The highest BCUT2D eigenvalue weighted by Crippen LogP contribution is 2.47. The number of benzene rings is 1. The quantitative estimate of drug-likeness (QED) is 0.803. The van der Waals surface area contributed by atoms with Crippen molar-refractivity contribution in [2.75, 3.05) is 40.4 Å². The van der Waals surface area contributed by atoms with Crippen molar-refractivity contribution in [3.63, 3.8) is 0 Å². The summed E-state index contributed by atoms with van der Waals surface area (Å²) in [6.45, 7) is 4.02. The fourth-order valence-corrected chi connectivity index (χ4v) is 4.12. The van der Waals surface area contributed by atoms with Crippen LogP contribution in [-0.4, -0.2) is 50.4 Å². The Morgan fingerprint density at radius 1 is 1.08 bits per heavy atom. The van der Waals surface area contributed by atoms with Gasteiger partial charge >= 0.3 is 0 Å². The van der Waals surface area contributed by atoms with Gasteiger partial charge in [0.1, 0.15) is 17.2 Å². The van der Waals surface area contributed by atoms with E-state index in [1.54, 1.807) is 20.3 Å². The molecule has 0 radical (unpaired) electrons. The van der Waals surface area contributed by atoms with Crippen molar-refractivity contribution in [3.05, 3.63) is 17.7 Å². The first-order chi connectivity index (χ1) is 11.2. The van der Waals surface area contributed by atoms with Crippen LogP contribution in [0, 0.1) is 5.92 Å². The summed E-state index contributed by atoms with van der Waals surface area (Å²) in [6.07, 6.45) is 5.02. The van der Waals surface area contributed by atoms with Crippen LogP contribution in [0.2, 0.25) is 0 Å². The summed E-state index contributed by atoms with van der Waals surface area (Å²) in [4.78, 5) is 2.51. The fourth-order valence-electron chi connectivity index (χ4n) is 4.12. The van der Waals surface area contributed by atoms with Crippen LogP contribution in [0.4, 0.5) is 0 Å². The summed E-state index contributed by atoms with van der Waals surface area (Å²) in [7, 11) is 3.28. The number of methoxy groups -OCH3 is 2. The van der Waals surface area contributed by atoms with Gasteiger partial charge in [-0.3, -0.25) is 4.90 Å². The van der Waals surface area contributed by atoms with Crippen LogP contribution < -0.4 is 14.8 Å². The molecule has 1 aliphatic carbocycles. The first kappa shape index (κ1) is 22.2. The summed E-state index contributed by atoms with van der Waals surface area (Å²) < 4.78 is 10.9. The maximum absolute atomic E-state index is 10.7. The van der Waals surface area contributed by atoms with Gasteiger partial charge in [0, 0.05) is 44.4 Å². The number of rotatable bonds is 5. The average Bonchev–Trinajstić information content (AvgIpc) is 3.11. The van der Waals surface area contributed by atoms with Gasteiger partial charge in [0.25, 0.3) is 0 Å². The second-order valence-corrected chi connectivity index (χ2v) is 6.54. The van der Waals surface area contributed by atoms with Crippen molar-refractivity contribution in [2.24, 2.45) is 5.92 Å². The van der Waals surface area contributed by atoms with Gasteiger partial charge in [0.05, 0.1) is 19.8 Å². The Morgan fingerprint density at radius 2 is 1.72 bits per heavy atom. The second kappa shape index (κ2) is 10.3. The normalized spacial score (nSPS) is 19.6. The van der Waals surface area contributed by atoms with Crippen LogP contribution in [0.1, 0.15) is 37.3 Å². The largest absolute Gasteiger partial charge is 0.507 e. The molecule has 0 spiro atoms. The molecule has 5 nitrogen and oxygen atoms in total. The molecule has 7 heteroatoms. The number of nitrogens with one attached hydrogen (secondary N) is 1. The Bertz CT molecular complexity index is 533. The average molecular weight is 393 g/mol. The zero-order valence-corrected chi connectivity index (χ0v) is 16.6. The lowest BCUT2D eigenvalue weighted by Crippen LogP contribution is -2.46. The minimum Gasteiger partial charge on any atom is -0.507 e. The number of phenols is 1. The van der Waals surface area contributed by atoms with Crippen molar-refractivity contribution in [1.82, 2.24) is 10.2 Å². The van der Waals surface area contributed by atoms with Crippen LogP contribution in [0.5, 0.6) is 17.2 Å². The van der Waals surface area contributed by atoms with E-state index >= 15 is 0 Å². The first-order valence-corrected chi connectivity index (χ1v) is 8.64. The van der Waals surface area contributed by atoms with Crippen LogP contribution >= 0.6 is 24.8 Å². The summed E-state index contributed by atoms with van der Waals surface area (Å²) >= 11 is 0. The third-order valence-corrected chi connectivity index (χ3v) is 5.24. The van der Waals surface area contributed by atoms with Crippen LogP contribution in [-0.2, 0) is 0 Å². The number of halogens is 2. The number of aromatic hydroxyl groups is 1. The number of piperazine rings is 1. The molecule has 144 valence electrons. The molecule has 0 unspecified atom stereocenters. The third kappa shape index (κ3) is 4.85. The van der Waals surface area contributed by atoms with Gasteiger partial charge in [0.15, 0.2) is 0 Å². The lowest BCUT2D eigenvalue weighted by molar-refractivity contribution is 0.120. The number of phenolic OH excluding ortho intramolecular Hbond substituents is 1. The molecule has 1 heterocycles. The van der Waals surface area contributed by atoms with Gasteiger partial charge in [-0.1, -0.05) is 12.8 Å². The van der Waals surface area contributed by atoms with E-state index in [0.29, 0.717) is 11.7 Å². The Balaban J connectivity index is 0.00000156. The smallest absolute Gasteiger partial charge is 0.131 e. The Kier molecular flexibility index (Phi) is 9.14. The predicted octanol–water partition coefficient (Wildman–Crippen LogP) is 3.39. The lowest BCUT2D eigenvalue weighted by Gasteiger charge is -2.39. The zero-order valence-electron chi connectivity index (χ0n) is 15.0. The topological polar surface area (TPSA) is 54.0 Å². The highest BCUT2D eigenvalue weighted by atomic mass is 35.5. The highest BCUT2D eigenvalue weighted by Gasteiger charge is 2.35. The number of nitrogens with zero attached hydrogens (tertiary/aromatic N) is 1. The molecule has 2 fully saturated rings. The van der Waals surface area contributed by atoms with Gasteiger partial charge in [-0.05, 0) is 18.8 Å². The molecule has 2 aliphatic rings. The zero-order chi connectivity index (χ0) is 16.2. The van der Waals surface area contributed by atoms with E-state index in [1.807, 2.05) is 6.07 Å². The Labute approximate surface area is 162 Å². The molecule has 25 heavy (non-hydrogen) atoms. The van der Waals surface area contributed by atoms with E-state index in [0.717, 1.165) is 37.5 Å².